The highest BCUT2D eigenvalue weighted by atomic mass is 16.7. The Morgan fingerprint density at radius 3 is 2.76 bits per heavy atom. The average Bonchev–Trinajstić information content (AvgIpc) is 3.38. The van der Waals surface area contributed by atoms with E-state index < -0.39 is 30.4 Å². The van der Waals surface area contributed by atoms with Crippen LogP contribution in [0.25, 0.3) is 0 Å². The normalized spacial score (nSPS) is 23.4. The second kappa shape index (κ2) is 10.7. The van der Waals surface area contributed by atoms with Gasteiger partial charge in [-0.3, -0.25) is 24.2 Å². The van der Waals surface area contributed by atoms with E-state index in [1.807, 2.05) is 13.8 Å². The topological polar surface area (TPSA) is 127 Å². The van der Waals surface area contributed by atoms with Gasteiger partial charge in [0.25, 0.3) is 5.91 Å². The molecule has 3 heterocycles. The fourth-order valence-electron chi connectivity index (χ4n) is 4.19. The van der Waals surface area contributed by atoms with E-state index in [0.717, 1.165) is 0 Å². The smallest absolute Gasteiger partial charge is 0.310 e. The minimum Gasteiger partial charge on any atom is -0.433 e. The van der Waals surface area contributed by atoms with Gasteiger partial charge >= 0.3 is 5.97 Å². The van der Waals surface area contributed by atoms with Crippen LogP contribution in [-0.2, 0) is 23.9 Å². The number of ether oxygens (including phenoxy) is 2. The van der Waals surface area contributed by atoms with Gasteiger partial charge < -0.3 is 25.0 Å². The van der Waals surface area contributed by atoms with Crippen LogP contribution in [0.4, 0.5) is 0 Å². The van der Waals surface area contributed by atoms with Crippen molar-refractivity contribution in [2.45, 2.75) is 71.4 Å². The number of hydrogen-bond acceptors (Lipinski definition) is 7. The van der Waals surface area contributed by atoms with Gasteiger partial charge in [-0.2, -0.15) is 0 Å². The first kappa shape index (κ1) is 24.6. The van der Waals surface area contributed by atoms with E-state index in [2.05, 4.69) is 15.6 Å². The second-order valence-electron chi connectivity index (χ2n) is 8.65. The first-order valence-electron chi connectivity index (χ1n) is 11.4. The molecule has 0 aromatic carbocycles. The predicted octanol–water partition coefficient (Wildman–Crippen LogP) is 0.930. The average molecular weight is 461 g/mol. The third-order valence-corrected chi connectivity index (χ3v) is 5.93. The van der Waals surface area contributed by atoms with Crippen molar-refractivity contribution >= 4 is 23.7 Å². The zero-order valence-corrected chi connectivity index (χ0v) is 19.5. The van der Waals surface area contributed by atoms with Crippen LogP contribution in [0.1, 0.15) is 56.1 Å². The number of rotatable bonds is 8. The summed E-state index contributed by atoms with van der Waals surface area (Å²) in [6.07, 6.45) is 1.95. The van der Waals surface area contributed by atoms with E-state index in [9.17, 15) is 19.2 Å². The summed E-state index contributed by atoms with van der Waals surface area (Å²) in [5.74, 6) is -1.67. The Hall–Kier alpha value is -3.01. The van der Waals surface area contributed by atoms with Crippen LogP contribution in [0.2, 0.25) is 0 Å². The van der Waals surface area contributed by atoms with Crippen LogP contribution in [-0.4, -0.2) is 71.1 Å². The van der Waals surface area contributed by atoms with Crippen LogP contribution in [0.3, 0.4) is 0 Å². The molecule has 3 rings (SSSR count). The van der Waals surface area contributed by atoms with Crippen LogP contribution in [0, 0.1) is 12.8 Å². The molecule has 2 saturated heterocycles. The molecule has 0 radical (unpaired) electrons. The van der Waals surface area contributed by atoms with Gasteiger partial charge in [-0.05, 0) is 44.7 Å². The molecule has 0 unspecified atom stereocenters. The van der Waals surface area contributed by atoms with Crippen molar-refractivity contribution in [3.05, 3.63) is 29.6 Å². The third kappa shape index (κ3) is 5.68. The fraction of sp³-hybridized carbons (Fsp3) is 0.609. The molecule has 180 valence electrons. The lowest BCUT2D eigenvalue weighted by atomic mass is 10.0. The molecule has 1 aromatic rings. The van der Waals surface area contributed by atoms with Crippen LogP contribution < -0.4 is 10.6 Å². The lowest BCUT2D eigenvalue weighted by Gasteiger charge is -2.31. The van der Waals surface area contributed by atoms with Crippen molar-refractivity contribution in [3.63, 3.8) is 0 Å². The Balaban J connectivity index is 1.70. The van der Waals surface area contributed by atoms with E-state index in [1.54, 1.807) is 32.2 Å². The number of amides is 3. The van der Waals surface area contributed by atoms with Gasteiger partial charge in [-0.15, -0.1) is 0 Å². The minimum absolute atomic E-state index is 0.0201. The SMILES string of the molecule is CCO[C@@H]1OC(=O)C[C@H]1NC(=O)[C@@H]1CCCN1C(=O)[C@@H](NC(=O)c1cccnc1C)C(C)C. The highest BCUT2D eigenvalue weighted by Gasteiger charge is 2.42. The molecule has 4 atom stereocenters. The molecule has 10 nitrogen and oxygen atoms in total. The predicted molar refractivity (Wildman–Crippen MR) is 118 cm³/mol. The molecule has 10 heteroatoms. The number of esters is 1. The van der Waals surface area contributed by atoms with Crippen molar-refractivity contribution in [1.82, 2.24) is 20.5 Å². The van der Waals surface area contributed by atoms with Crippen LogP contribution in [0.5, 0.6) is 0 Å². The monoisotopic (exact) mass is 460 g/mol. The number of nitrogens with zero attached hydrogens (tertiary/aromatic N) is 2. The van der Waals surface area contributed by atoms with E-state index in [4.69, 9.17) is 9.47 Å². The van der Waals surface area contributed by atoms with Gasteiger partial charge in [-0.1, -0.05) is 13.8 Å². The van der Waals surface area contributed by atoms with Gasteiger partial charge in [0.05, 0.1) is 12.0 Å². The fourth-order valence-corrected chi connectivity index (χ4v) is 4.19. The second-order valence-corrected chi connectivity index (χ2v) is 8.65. The summed E-state index contributed by atoms with van der Waals surface area (Å²) in [7, 11) is 0. The molecule has 0 aliphatic carbocycles. The lowest BCUT2D eigenvalue weighted by Crippen LogP contribution is -2.56. The molecule has 2 N–H and O–H groups in total. The maximum Gasteiger partial charge on any atom is 0.310 e. The number of nitrogens with one attached hydrogen (secondary N) is 2. The van der Waals surface area contributed by atoms with Crippen LogP contribution in [0.15, 0.2) is 18.3 Å². The number of hydrogen-bond donors (Lipinski definition) is 2. The summed E-state index contributed by atoms with van der Waals surface area (Å²) in [5, 5.41) is 5.64. The zero-order valence-electron chi connectivity index (χ0n) is 19.5. The van der Waals surface area contributed by atoms with Crippen molar-refractivity contribution in [2.24, 2.45) is 5.92 Å². The van der Waals surface area contributed by atoms with E-state index >= 15 is 0 Å². The van der Waals surface area contributed by atoms with Gasteiger partial charge in [0.1, 0.15) is 18.1 Å². The van der Waals surface area contributed by atoms with E-state index in [0.29, 0.717) is 37.3 Å². The Kier molecular flexibility index (Phi) is 8.01. The first-order chi connectivity index (χ1) is 15.7. The maximum atomic E-state index is 13.4. The van der Waals surface area contributed by atoms with Crippen LogP contribution >= 0.6 is 0 Å². The van der Waals surface area contributed by atoms with E-state index in [-0.39, 0.29) is 30.1 Å². The molecule has 0 spiro atoms. The maximum absolute atomic E-state index is 13.4. The molecule has 1 aromatic heterocycles. The molecule has 2 aliphatic rings. The summed E-state index contributed by atoms with van der Waals surface area (Å²) >= 11 is 0. The quantitative estimate of drug-likeness (QED) is 0.553. The van der Waals surface area contributed by atoms with Crippen molar-refractivity contribution in [3.8, 4) is 0 Å². The zero-order chi connectivity index (χ0) is 24.1. The number of carbonyl (C=O) groups excluding carboxylic acids is 4. The first-order valence-corrected chi connectivity index (χ1v) is 11.4. The summed E-state index contributed by atoms with van der Waals surface area (Å²) in [4.78, 5) is 56.6. The molecule has 2 fully saturated rings. The summed E-state index contributed by atoms with van der Waals surface area (Å²) in [6.45, 7) is 7.95. The Labute approximate surface area is 193 Å². The minimum atomic E-state index is -0.831. The summed E-state index contributed by atoms with van der Waals surface area (Å²) < 4.78 is 10.5. The van der Waals surface area contributed by atoms with Crippen molar-refractivity contribution < 1.29 is 28.7 Å². The molecule has 3 amide bonds. The highest BCUT2D eigenvalue weighted by molar-refractivity contribution is 5.99. The van der Waals surface area contributed by atoms with E-state index in [1.165, 1.54) is 4.90 Å². The Morgan fingerprint density at radius 2 is 2.09 bits per heavy atom. The molecular weight excluding hydrogens is 428 g/mol. The van der Waals surface area contributed by atoms with Crippen molar-refractivity contribution in [1.29, 1.82) is 0 Å². The van der Waals surface area contributed by atoms with Gasteiger partial charge in [0.2, 0.25) is 18.1 Å². The van der Waals surface area contributed by atoms with Gasteiger partial charge in [0, 0.05) is 25.0 Å². The number of likely N-dealkylation sites (tertiary alicyclic amines) is 1. The third-order valence-electron chi connectivity index (χ3n) is 5.93. The number of aryl methyl sites for hydroxylation is 1. The largest absolute Gasteiger partial charge is 0.433 e. The number of aromatic nitrogens is 1. The lowest BCUT2D eigenvalue weighted by molar-refractivity contribution is -0.164. The molecule has 0 bridgehead atoms. The standard InChI is InChI=1S/C23H32N4O6/c1-5-32-23-16(12-18(28)33-23)25-21(30)17-9-7-11-27(17)22(31)19(13(2)3)26-20(29)15-8-6-10-24-14(15)4/h6,8,10,13,16-17,19,23H,5,7,9,11-12H2,1-4H3,(H,25,30)(H,26,29)/t16-,17+,19+,23-/m1/s1. The van der Waals surface area contributed by atoms with Gasteiger partial charge in [0.15, 0.2) is 0 Å². The molecule has 2 aliphatic heterocycles. The number of pyridine rings is 1. The Morgan fingerprint density at radius 1 is 1.33 bits per heavy atom. The van der Waals surface area contributed by atoms with Crippen molar-refractivity contribution in [2.75, 3.05) is 13.2 Å². The summed E-state index contributed by atoms with van der Waals surface area (Å²) in [5.41, 5.74) is 0.972. The number of carbonyl (C=O) groups is 4. The summed E-state index contributed by atoms with van der Waals surface area (Å²) in [6, 6.07) is 1.25. The number of cyclic esters (lactones) is 1. The van der Waals surface area contributed by atoms with Gasteiger partial charge in [-0.25, -0.2) is 0 Å². The molecule has 0 saturated carbocycles. The Bertz CT molecular complexity index is 905. The molecular formula is C23H32N4O6. The molecule has 33 heavy (non-hydrogen) atoms. The highest BCUT2D eigenvalue weighted by Crippen LogP contribution is 2.23.